The van der Waals surface area contributed by atoms with Crippen LogP contribution in [0, 0.1) is 5.82 Å². The van der Waals surface area contributed by atoms with Gasteiger partial charge in [-0.2, -0.15) is 0 Å². The van der Waals surface area contributed by atoms with Gasteiger partial charge in [-0.05, 0) is 51.8 Å². The molecule has 0 spiro atoms. The van der Waals surface area contributed by atoms with E-state index in [1.165, 1.54) is 17.0 Å². The molecule has 2 N–H and O–H groups in total. The molecule has 1 heterocycles. The van der Waals surface area contributed by atoms with E-state index in [1.54, 1.807) is 17.4 Å². The minimum Gasteiger partial charge on any atom is -0.324 e. The van der Waals surface area contributed by atoms with Gasteiger partial charge in [-0.3, -0.25) is 0 Å². The van der Waals surface area contributed by atoms with E-state index in [1.807, 2.05) is 12.1 Å². The zero-order valence-electron chi connectivity index (χ0n) is 8.79. The van der Waals surface area contributed by atoms with E-state index in [9.17, 15) is 4.39 Å². The summed E-state index contributed by atoms with van der Waals surface area (Å²) in [7, 11) is 0. The molecule has 0 aliphatic carbocycles. The van der Waals surface area contributed by atoms with Gasteiger partial charge in [0.25, 0.3) is 0 Å². The van der Waals surface area contributed by atoms with Crippen molar-refractivity contribution in [2.45, 2.75) is 12.5 Å². The SMILES string of the molecule is NC(Cc1ccc(Br)s1)c1cc(F)ccc1Br. The summed E-state index contributed by atoms with van der Waals surface area (Å²) in [6.07, 6.45) is 0.707. The van der Waals surface area contributed by atoms with Crippen LogP contribution in [0.4, 0.5) is 4.39 Å². The highest BCUT2D eigenvalue weighted by atomic mass is 79.9. The Kier molecular flexibility index (Phi) is 4.36. The van der Waals surface area contributed by atoms with Crippen molar-refractivity contribution in [2.75, 3.05) is 0 Å². The molecular weight excluding hydrogens is 369 g/mol. The first kappa shape index (κ1) is 13.2. The summed E-state index contributed by atoms with van der Waals surface area (Å²) in [5.74, 6) is -0.258. The number of nitrogens with two attached hydrogens (primary N) is 1. The average molecular weight is 379 g/mol. The van der Waals surface area contributed by atoms with Crippen molar-refractivity contribution >= 4 is 43.2 Å². The van der Waals surface area contributed by atoms with E-state index in [4.69, 9.17) is 5.73 Å². The molecule has 0 fully saturated rings. The van der Waals surface area contributed by atoms with Gasteiger partial charge in [-0.25, -0.2) is 4.39 Å². The van der Waals surface area contributed by atoms with E-state index in [0.717, 1.165) is 13.8 Å². The fraction of sp³-hybridized carbons (Fsp3) is 0.167. The first-order valence-electron chi connectivity index (χ1n) is 5.01. The molecule has 0 amide bonds. The van der Waals surface area contributed by atoms with Crippen molar-refractivity contribution in [3.05, 3.63) is 54.8 Å². The molecule has 5 heteroatoms. The second-order valence-corrected chi connectivity index (χ2v) is 7.08. The molecular formula is C12H10Br2FNS. The van der Waals surface area contributed by atoms with Crippen molar-refractivity contribution in [3.63, 3.8) is 0 Å². The topological polar surface area (TPSA) is 26.0 Å². The van der Waals surface area contributed by atoms with Crippen LogP contribution in [-0.2, 0) is 6.42 Å². The molecule has 1 atom stereocenters. The molecule has 2 rings (SSSR count). The van der Waals surface area contributed by atoms with Crippen LogP contribution in [0.15, 0.2) is 38.6 Å². The first-order valence-corrected chi connectivity index (χ1v) is 7.41. The predicted molar refractivity (Wildman–Crippen MR) is 76.8 cm³/mol. The number of halogens is 3. The maximum atomic E-state index is 13.2. The van der Waals surface area contributed by atoms with Gasteiger partial charge in [0.05, 0.1) is 3.79 Å². The Bertz CT molecular complexity index is 527. The van der Waals surface area contributed by atoms with Gasteiger partial charge in [0, 0.05) is 21.8 Å². The van der Waals surface area contributed by atoms with Gasteiger partial charge < -0.3 is 5.73 Å². The Balaban J connectivity index is 2.19. The van der Waals surface area contributed by atoms with Crippen LogP contribution in [0.2, 0.25) is 0 Å². The number of hydrogen-bond donors (Lipinski definition) is 1. The zero-order valence-corrected chi connectivity index (χ0v) is 12.8. The van der Waals surface area contributed by atoms with Crippen molar-refractivity contribution in [3.8, 4) is 0 Å². The lowest BCUT2D eigenvalue weighted by atomic mass is 10.0. The van der Waals surface area contributed by atoms with E-state index < -0.39 is 0 Å². The summed E-state index contributed by atoms with van der Waals surface area (Å²) < 4.78 is 15.1. The Morgan fingerprint density at radius 3 is 2.65 bits per heavy atom. The number of benzene rings is 1. The Morgan fingerprint density at radius 1 is 1.24 bits per heavy atom. The molecule has 0 saturated heterocycles. The highest BCUT2D eigenvalue weighted by Crippen LogP contribution is 2.29. The average Bonchev–Trinajstić information content (AvgIpc) is 2.67. The summed E-state index contributed by atoms with van der Waals surface area (Å²) in [6.45, 7) is 0. The van der Waals surface area contributed by atoms with Crippen LogP contribution in [0.25, 0.3) is 0 Å². The van der Waals surface area contributed by atoms with E-state index >= 15 is 0 Å². The molecule has 0 aliphatic rings. The fourth-order valence-corrected chi connectivity index (χ4v) is 3.67. The monoisotopic (exact) mass is 377 g/mol. The lowest BCUT2D eigenvalue weighted by molar-refractivity contribution is 0.618. The smallest absolute Gasteiger partial charge is 0.123 e. The molecule has 0 bridgehead atoms. The Morgan fingerprint density at radius 2 is 2.00 bits per heavy atom. The predicted octanol–water partition coefficient (Wildman–Crippen LogP) is 4.65. The minimum absolute atomic E-state index is 0.203. The van der Waals surface area contributed by atoms with E-state index in [0.29, 0.717) is 6.42 Å². The fourth-order valence-electron chi connectivity index (χ4n) is 1.59. The molecule has 0 saturated carbocycles. The summed E-state index contributed by atoms with van der Waals surface area (Å²) in [6, 6.07) is 8.41. The highest BCUT2D eigenvalue weighted by molar-refractivity contribution is 9.11. The number of rotatable bonds is 3. The number of thiophene rings is 1. The van der Waals surface area contributed by atoms with Crippen LogP contribution in [0.5, 0.6) is 0 Å². The molecule has 2 aromatic rings. The highest BCUT2D eigenvalue weighted by Gasteiger charge is 2.12. The summed E-state index contributed by atoms with van der Waals surface area (Å²) in [5.41, 5.74) is 6.90. The van der Waals surface area contributed by atoms with E-state index in [2.05, 4.69) is 31.9 Å². The standard InChI is InChI=1S/C12H10Br2FNS/c13-10-3-1-7(15)5-9(10)11(16)6-8-2-4-12(14)17-8/h1-5,11H,6,16H2. The first-order chi connectivity index (χ1) is 8.06. The van der Waals surface area contributed by atoms with Gasteiger partial charge in [0.15, 0.2) is 0 Å². The lowest BCUT2D eigenvalue weighted by Gasteiger charge is -2.13. The van der Waals surface area contributed by atoms with Crippen LogP contribution >= 0.6 is 43.2 Å². The molecule has 0 aliphatic heterocycles. The van der Waals surface area contributed by atoms with Crippen LogP contribution in [0.3, 0.4) is 0 Å². The lowest BCUT2D eigenvalue weighted by Crippen LogP contribution is -2.13. The van der Waals surface area contributed by atoms with Gasteiger partial charge in [-0.15, -0.1) is 11.3 Å². The third-order valence-electron chi connectivity index (χ3n) is 2.41. The quantitative estimate of drug-likeness (QED) is 0.826. The van der Waals surface area contributed by atoms with Crippen LogP contribution in [0.1, 0.15) is 16.5 Å². The van der Waals surface area contributed by atoms with Crippen LogP contribution < -0.4 is 5.73 Å². The normalized spacial score (nSPS) is 12.7. The van der Waals surface area contributed by atoms with Gasteiger partial charge in [0.2, 0.25) is 0 Å². The van der Waals surface area contributed by atoms with Gasteiger partial charge >= 0.3 is 0 Å². The third-order valence-corrected chi connectivity index (χ3v) is 4.78. The third kappa shape index (κ3) is 3.37. The molecule has 17 heavy (non-hydrogen) atoms. The maximum Gasteiger partial charge on any atom is 0.123 e. The summed E-state index contributed by atoms with van der Waals surface area (Å²) in [4.78, 5) is 1.18. The van der Waals surface area contributed by atoms with Gasteiger partial charge in [-0.1, -0.05) is 15.9 Å². The summed E-state index contributed by atoms with van der Waals surface area (Å²) >= 11 is 8.46. The zero-order chi connectivity index (χ0) is 12.4. The number of hydrogen-bond acceptors (Lipinski definition) is 2. The van der Waals surface area contributed by atoms with E-state index in [-0.39, 0.29) is 11.9 Å². The molecule has 0 radical (unpaired) electrons. The van der Waals surface area contributed by atoms with Crippen molar-refractivity contribution in [1.29, 1.82) is 0 Å². The molecule has 1 aromatic carbocycles. The molecule has 1 nitrogen and oxygen atoms in total. The van der Waals surface area contributed by atoms with Crippen molar-refractivity contribution < 1.29 is 4.39 Å². The van der Waals surface area contributed by atoms with Crippen LogP contribution in [-0.4, -0.2) is 0 Å². The Hall–Kier alpha value is -0.230. The molecule has 1 aromatic heterocycles. The second kappa shape index (κ2) is 5.61. The minimum atomic E-state index is -0.258. The molecule has 90 valence electrons. The van der Waals surface area contributed by atoms with Gasteiger partial charge in [0.1, 0.15) is 5.82 Å². The molecule has 1 unspecified atom stereocenters. The Labute approximate surface area is 120 Å². The largest absolute Gasteiger partial charge is 0.324 e. The maximum absolute atomic E-state index is 13.2. The van der Waals surface area contributed by atoms with Crippen molar-refractivity contribution in [2.24, 2.45) is 5.73 Å². The summed E-state index contributed by atoms with van der Waals surface area (Å²) in [5, 5.41) is 0. The van der Waals surface area contributed by atoms with Crippen molar-refractivity contribution in [1.82, 2.24) is 0 Å². The second-order valence-electron chi connectivity index (χ2n) is 3.68.